The van der Waals surface area contributed by atoms with Gasteiger partial charge >= 0.3 is 0 Å². The summed E-state index contributed by atoms with van der Waals surface area (Å²) in [6, 6.07) is 9.46. The second-order valence-electron chi connectivity index (χ2n) is 5.98. The third-order valence-corrected chi connectivity index (χ3v) is 4.82. The molecule has 0 unspecified atom stereocenters. The number of amides is 1. The summed E-state index contributed by atoms with van der Waals surface area (Å²) in [6.07, 6.45) is 1.99. The average molecular weight is 380 g/mol. The molecule has 0 fully saturated rings. The molecule has 27 heavy (non-hydrogen) atoms. The van der Waals surface area contributed by atoms with Crippen LogP contribution in [0.3, 0.4) is 0 Å². The molecule has 0 spiro atoms. The molecule has 3 heterocycles. The highest BCUT2D eigenvalue weighted by Crippen LogP contribution is 2.16. The first-order valence-corrected chi connectivity index (χ1v) is 9.22. The van der Waals surface area contributed by atoms with E-state index in [9.17, 15) is 9.59 Å². The molecule has 3 aromatic heterocycles. The average Bonchev–Trinajstić information content (AvgIpc) is 3.27. The number of aryl methyl sites for hydroxylation is 2. The van der Waals surface area contributed by atoms with E-state index < -0.39 is 0 Å². The van der Waals surface area contributed by atoms with Gasteiger partial charge in [0, 0.05) is 18.2 Å². The molecule has 1 aromatic carbocycles. The van der Waals surface area contributed by atoms with Crippen LogP contribution in [-0.2, 0) is 11.2 Å². The lowest BCUT2D eigenvalue weighted by Gasteiger charge is -2.05. The number of fused-ring (bicyclic) bond motifs is 1. The molecule has 4 rings (SSSR count). The van der Waals surface area contributed by atoms with Crippen molar-refractivity contribution >= 4 is 33.4 Å². The predicted molar refractivity (Wildman–Crippen MR) is 103 cm³/mol. The summed E-state index contributed by atoms with van der Waals surface area (Å²) in [6.45, 7) is 1.87. The molecular formula is C18H16N6O2S. The van der Waals surface area contributed by atoms with Crippen LogP contribution in [0.15, 0.2) is 46.7 Å². The molecule has 0 saturated heterocycles. The zero-order valence-electron chi connectivity index (χ0n) is 14.5. The van der Waals surface area contributed by atoms with Crippen LogP contribution in [0.5, 0.6) is 0 Å². The van der Waals surface area contributed by atoms with Crippen LogP contribution in [0.1, 0.15) is 17.9 Å². The van der Waals surface area contributed by atoms with Gasteiger partial charge < -0.3 is 10.3 Å². The molecule has 0 aliphatic heterocycles. The third kappa shape index (κ3) is 3.63. The van der Waals surface area contributed by atoms with E-state index in [4.69, 9.17) is 0 Å². The van der Waals surface area contributed by atoms with Crippen molar-refractivity contribution in [3.05, 3.63) is 63.8 Å². The minimum Gasteiger partial charge on any atom is -0.310 e. The van der Waals surface area contributed by atoms with Gasteiger partial charge in [-0.25, -0.2) is 14.6 Å². The fourth-order valence-corrected chi connectivity index (χ4v) is 3.37. The number of hydrogen-bond donors (Lipinski definition) is 2. The van der Waals surface area contributed by atoms with Gasteiger partial charge in [-0.05, 0) is 19.1 Å². The number of anilines is 1. The number of para-hydroxylation sites is 1. The first-order valence-electron chi connectivity index (χ1n) is 8.34. The fraction of sp³-hybridized carbons (Fsp3) is 0.167. The van der Waals surface area contributed by atoms with Gasteiger partial charge in [0.15, 0.2) is 10.8 Å². The number of nitrogens with zero attached hydrogens (tertiary/aromatic N) is 4. The predicted octanol–water partition coefficient (Wildman–Crippen LogP) is 2.45. The Morgan fingerprint density at radius 1 is 1.26 bits per heavy atom. The Labute approximate surface area is 157 Å². The summed E-state index contributed by atoms with van der Waals surface area (Å²) in [5.41, 5.74) is 1.87. The maximum Gasteiger partial charge on any atom is 0.262 e. The lowest BCUT2D eigenvalue weighted by Crippen LogP contribution is -2.16. The van der Waals surface area contributed by atoms with Gasteiger partial charge in [0.05, 0.1) is 17.6 Å². The van der Waals surface area contributed by atoms with Crippen LogP contribution in [-0.4, -0.2) is 30.6 Å². The smallest absolute Gasteiger partial charge is 0.262 e. The number of thiazole rings is 1. The summed E-state index contributed by atoms with van der Waals surface area (Å²) < 4.78 is 1.62. The molecule has 0 aliphatic carbocycles. The molecule has 0 aliphatic rings. The van der Waals surface area contributed by atoms with Crippen molar-refractivity contribution in [3.63, 3.8) is 0 Å². The van der Waals surface area contributed by atoms with Gasteiger partial charge in [-0.1, -0.05) is 18.2 Å². The Hall–Kier alpha value is -3.33. The maximum absolute atomic E-state index is 12.3. The number of nitrogens with one attached hydrogen (secondary N) is 2. The highest BCUT2D eigenvalue weighted by Gasteiger charge is 2.13. The normalized spacial score (nSPS) is 11.0. The maximum atomic E-state index is 12.3. The lowest BCUT2D eigenvalue weighted by atomic mass is 10.2. The van der Waals surface area contributed by atoms with Crippen LogP contribution in [0, 0.1) is 6.92 Å². The number of rotatable bonds is 5. The number of carbonyl (C=O) groups is 1. The van der Waals surface area contributed by atoms with Crippen LogP contribution in [0.4, 0.5) is 5.13 Å². The number of benzene rings is 1. The van der Waals surface area contributed by atoms with Gasteiger partial charge in [0.1, 0.15) is 11.2 Å². The number of aromatic nitrogens is 5. The fourth-order valence-electron chi connectivity index (χ4n) is 2.67. The molecule has 0 saturated carbocycles. The number of carbonyl (C=O) groups excluding carboxylic acids is 1. The van der Waals surface area contributed by atoms with Crippen LogP contribution >= 0.6 is 11.3 Å². The van der Waals surface area contributed by atoms with Gasteiger partial charge in [-0.2, -0.15) is 5.10 Å². The summed E-state index contributed by atoms with van der Waals surface area (Å²) in [4.78, 5) is 35.9. The van der Waals surface area contributed by atoms with Crippen molar-refractivity contribution in [2.75, 3.05) is 5.32 Å². The molecule has 8 nitrogen and oxygen atoms in total. The van der Waals surface area contributed by atoms with E-state index in [1.54, 1.807) is 4.68 Å². The van der Waals surface area contributed by atoms with Crippen molar-refractivity contribution in [1.29, 1.82) is 0 Å². The minimum absolute atomic E-state index is 0.177. The number of aromatic amines is 1. The molecule has 4 aromatic rings. The monoisotopic (exact) mass is 380 g/mol. The summed E-state index contributed by atoms with van der Waals surface area (Å²) in [5, 5.41) is 9.86. The largest absolute Gasteiger partial charge is 0.310 e. The van der Waals surface area contributed by atoms with Crippen molar-refractivity contribution in [2.45, 2.75) is 19.8 Å². The Morgan fingerprint density at radius 3 is 2.81 bits per heavy atom. The van der Waals surface area contributed by atoms with Crippen LogP contribution in [0.2, 0.25) is 0 Å². The zero-order valence-corrected chi connectivity index (χ0v) is 15.3. The molecule has 0 radical (unpaired) electrons. The summed E-state index contributed by atoms with van der Waals surface area (Å²) in [7, 11) is 0. The summed E-state index contributed by atoms with van der Waals surface area (Å²) >= 11 is 1.38. The number of H-pyrrole nitrogens is 1. The van der Waals surface area contributed by atoms with Gasteiger partial charge in [-0.3, -0.25) is 9.59 Å². The first-order chi connectivity index (χ1) is 13.1. The van der Waals surface area contributed by atoms with E-state index in [1.165, 1.54) is 17.5 Å². The van der Waals surface area contributed by atoms with E-state index in [0.29, 0.717) is 28.4 Å². The SMILES string of the molecule is Cc1csc(NC(=O)CCc2nc3c(cnn3-c3ccccc3)c(=O)[nH]2)n1. The van der Waals surface area contributed by atoms with Gasteiger partial charge in [-0.15, -0.1) is 11.3 Å². The second-order valence-corrected chi connectivity index (χ2v) is 6.84. The Bertz CT molecular complexity index is 1160. The Morgan fingerprint density at radius 2 is 2.07 bits per heavy atom. The minimum atomic E-state index is -0.270. The van der Waals surface area contributed by atoms with E-state index in [-0.39, 0.29) is 17.9 Å². The standard InChI is InChI=1S/C18H16N6O2S/c1-11-10-27-18(20-11)23-15(25)8-7-14-21-16-13(17(26)22-14)9-19-24(16)12-5-3-2-4-6-12/h2-6,9-10H,7-8H2,1H3,(H,20,23,25)(H,21,22,26). The van der Waals surface area contributed by atoms with Gasteiger partial charge in [0.25, 0.3) is 5.56 Å². The molecule has 136 valence electrons. The van der Waals surface area contributed by atoms with Crippen LogP contribution < -0.4 is 10.9 Å². The van der Waals surface area contributed by atoms with Crippen molar-refractivity contribution in [1.82, 2.24) is 24.7 Å². The highest BCUT2D eigenvalue weighted by atomic mass is 32.1. The van der Waals surface area contributed by atoms with Crippen molar-refractivity contribution in [2.24, 2.45) is 0 Å². The summed E-state index contributed by atoms with van der Waals surface area (Å²) in [5.74, 6) is 0.263. The molecular weight excluding hydrogens is 364 g/mol. The van der Waals surface area contributed by atoms with E-state index in [0.717, 1.165) is 11.4 Å². The van der Waals surface area contributed by atoms with Gasteiger partial charge in [0.2, 0.25) is 5.91 Å². The van der Waals surface area contributed by atoms with Crippen molar-refractivity contribution < 1.29 is 4.79 Å². The quantitative estimate of drug-likeness (QED) is 0.553. The molecule has 1 amide bonds. The zero-order chi connectivity index (χ0) is 18.8. The lowest BCUT2D eigenvalue weighted by molar-refractivity contribution is -0.116. The Balaban J connectivity index is 1.55. The molecule has 0 bridgehead atoms. The first kappa shape index (κ1) is 17.1. The number of hydrogen-bond acceptors (Lipinski definition) is 6. The highest BCUT2D eigenvalue weighted by molar-refractivity contribution is 7.13. The molecule has 9 heteroatoms. The van der Waals surface area contributed by atoms with Crippen LogP contribution in [0.25, 0.3) is 16.7 Å². The van der Waals surface area contributed by atoms with E-state index in [1.807, 2.05) is 42.6 Å². The van der Waals surface area contributed by atoms with E-state index in [2.05, 4.69) is 25.4 Å². The third-order valence-electron chi connectivity index (χ3n) is 3.94. The van der Waals surface area contributed by atoms with Crippen molar-refractivity contribution in [3.8, 4) is 5.69 Å². The second kappa shape index (κ2) is 7.12. The molecule has 2 N–H and O–H groups in total. The topological polar surface area (TPSA) is 106 Å². The van der Waals surface area contributed by atoms with E-state index >= 15 is 0 Å². The molecule has 0 atom stereocenters. The Kier molecular flexibility index (Phi) is 4.51.